The zero-order valence-corrected chi connectivity index (χ0v) is 9.40. The Morgan fingerprint density at radius 1 is 1.57 bits per heavy atom. The molecule has 0 radical (unpaired) electrons. The predicted molar refractivity (Wildman–Crippen MR) is 60.5 cm³/mol. The fourth-order valence-electron chi connectivity index (χ4n) is 1.73. The molecule has 1 N–H and O–H groups in total. The van der Waals surface area contributed by atoms with Crippen LogP contribution in [0, 0.1) is 0 Å². The molecular weight excluding hydrogens is 194 g/mol. The van der Waals surface area contributed by atoms with Gasteiger partial charge >= 0.3 is 0 Å². The van der Waals surface area contributed by atoms with E-state index in [1.54, 1.807) is 11.8 Å². The van der Waals surface area contributed by atoms with Crippen molar-refractivity contribution in [1.82, 2.24) is 15.1 Å². The predicted octanol–water partition coefficient (Wildman–Crippen LogP) is 1.85. The largest absolute Gasteiger partial charge is 0.302 e. The lowest BCUT2D eigenvalue weighted by atomic mass is 10.1. The molecule has 2 rings (SSSR count). The highest BCUT2D eigenvalue weighted by molar-refractivity contribution is 7.98. The summed E-state index contributed by atoms with van der Waals surface area (Å²) in [6.07, 6.45) is 7.49. The second-order valence-electron chi connectivity index (χ2n) is 3.56. The molecule has 0 fully saturated rings. The molecule has 0 aliphatic carbocycles. The number of rotatable bonds is 2. The van der Waals surface area contributed by atoms with Crippen LogP contribution in [-0.2, 0) is 0 Å². The van der Waals surface area contributed by atoms with Gasteiger partial charge in [-0.15, -0.1) is 11.8 Å². The summed E-state index contributed by atoms with van der Waals surface area (Å²) in [6.45, 7) is 2.17. The van der Waals surface area contributed by atoms with Crippen LogP contribution in [0.2, 0.25) is 0 Å². The molecule has 0 bridgehead atoms. The van der Waals surface area contributed by atoms with Crippen molar-refractivity contribution < 1.29 is 0 Å². The van der Waals surface area contributed by atoms with Gasteiger partial charge in [-0.3, -0.25) is 5.10 Å². The SMILES string of the molecule is CSc1c[nH]nc1C1=CCCN(C)C1. The summed E-state index contributed by atoms with van der Waals surface area (Å²) in [5, 5.41) is 7.24. The number of H-pyrrole nitrogens is 1. The first-order valence-corrected chi connectivity index (χ1v) is 5.99. The average Bonchev–Trinajstić information content (AvgIpc) is 2.65. The van der Waals surface area contributed by atoms with Crippen molar-refractivity contribution in [2.24, 2.45) is 0 Å². The molecule has 1 aromatic rings. The molecule has 14 heavy (non-hydrogen) atoms. The molecule has 0 saturated heterocycles. The zero-order chi connectivity index (χ0) is 9.97. The van der Waals surface area contributed by atoms with Crippen LogP contribution in [0.4, 0.5) is 0 Å². The van der Waals surface area contributed by atoms with E-state index in [0.29, 0.717) is 0 Å². The molecule has 3 nitrogen and oxygen atoms in total. The minimum absolute atomic E-state index is 1.01. The second kappa shape index (κ2) is 4.19. The molecule has 0 atom stereocenters. The van der Waals surface area contributed by atoms with Crippen molar-refractivity contribution in [3.05, 3.63) is 18.0 Å². The minimum atomic E-state index is 1.01. The van der Waals surface area contributed by atoms with Gasteiger partial charge in [-0.25, -0.2) is 0 Å². The second-order valence-corrected chi connectivity index (χ2v) is 4.41. The van der Waals surface area contributed by atoms with Crippen molar-refractivity contribution in [1.29, 1.82) is 0 Å². The number of likely N-dealkylation sites (N-methyl/N-ethyl adjacent to an activating group) is 1. The standard InChI is InChI=1S/C10H15N3S/c1-13-5-3-4-8(7-13)10-9(14-2)6-11-12-10/h4,6H,3,5,7H2,1-2H3,(H,11,12). The van der Waals surface area contributed by atoms with E-state index in [9.17, 15) is 0 Å². The fraction of sp³-hybridized carbons (Fsp3) is 0.500. The van der Waals surface area contributed by atoms with E-state index in [1.807, 2.05) is 6.20 Å². The number of hydrogen-bond acceptors (Lipinski definition) is 3. The molecule has 76 valence electrons. The lowest BCUT2D eigenvalue weighted by Gasteiger charge is -2.22. The molecule has 0 unspecified atom stereocenters. The normalized spacial score (nSPS) is 18.3. The molecule has 1 aromatic heterocycles. The first-order valence-electron chi connectivity index (χ1n) is 4.77. The third-order valence-electron chi connectivity index (χ3n) is 2.47. The maximum atomic E-state index is 4.30. The monoisotopic (exact) mass is 209 g/mol. The molecule has 4 heteroatoms. The summed E-state index contributed by atoms with van der Waals surface area (Å²) in [6, 6.07) is 0. The van der Waals surface area contributed by atoms with Crippen LogP contribution < -0.4 is 0 Å². The van der Waals surface area contributed by atoms with Crippen LogP contribution in [0.25, 0.3) is 5.57 Å². The van der Waals surface area contributed by atoms with Crippen molar-refractivity contribution in [3.63, 3.8) is 0 Å². The van der Waals surface area contributed by atoms with E-state index in [4.69, 9.17) is 0 Å². The molecule has 0 saturated carbocycles. The Kier molecular flexibility index (Phi) is 2.93. The van der Waals surface area contributed by atoms with Gasteiger partial charge in [0.05, 0.1) is 4.90 Å². The van der Waals surface area contributed by atoms with Gasteiger partial charge in [0.2, 0.25) is 0 Å². The topological polar surface area (TPSA) is 31.9 Å². The summed E-state index contributed by atoms with van der Waals surface area (Å²) in [5.41, 5.74) is 2.48. The van der Waals surface area contributed by atoms with Crippen LogP contribution in [0.1, 0.15) is 12.1 Å². The molecule has 1 aliphatic heterocycles. The molecule has 1 aliphatic rings. The Balaban J connectivity index is 2.26. The Morgan fingerprint density at radius 2 is 2.43 bits per heavy atom. The van der Waals surface area contributed by atoms with Crippen molar-refractivity contribution in [3.8, 4) is 0 Å². The van der Waals surface area contributed by atoms with Crippen LogP contribution in [0.15, 0.2) is 17.2 Å². The van der Waals surface area contributed by atoms with Crippen molar-refractivity contribution in [2.45, 2.75) is 11.3 Å². The molecule has 2 heterocycles. The average molecular weight is 209 g/mol. The number of thioether (sulfide) groups is 1. The van der Waals surface area contributed by atoms with E-state index in [1.165, 1.54) is 10.5 Å². The first kappa shape index (κ1) is 9.80. The van der Waals surface area contributed by atoms with Crippen LogP contribution in [0.5, 0.6) is 0 Å². The minimum Gasteiger partial charge on any atom is -0.302 e. The van der Waals surface area contributed by atoms with Crippen molar-refractivity contribution in [2.75, 3.05) is 26.4 Å². The Bertz CT molecular complexity index is 343. The van der Waals surface area contributed by atoms with Crippen LogP contribution in [-0.4, -0.2) is 41.5 Å². The summed E-state index contributed by atoms with van der Waals surface area (Å²) >= 11 is 1.74. The molecule has 0 amide bonds. The van der Waals surface area contributed by atoms with E-state index in [0.717, 1.165) is 25.2 Å². The van der Waals surface area contributed by atoms with E-state index in [-0.39, 0.29) is 0 Å². The van der Waals surface area contributed by atoms with Gasteiger partial charge in [0, 0.05) is 19.3 Å². The molecular formula is C10H15N3S. The fourth-order valence-corrected chi connectivity index (χ4v) is 2.27. The van der Waals surface area contributed by atoms with Gasteiger partial charge in [-0.05, 0) is 25.3 Å². The summed E-state index contributed by atoms with van der Waals surface area (Å²) in [7, 11) is 2.15. The number of aromatic amines is 1. The number of nitrogens with one attached hydrogen (secondary N) is 1. The van der Waals surface area contributed by atoms with Crippen LogP contribution in [0.3, 0.4) is 0 Å². The van der Waals surface area contributed by atoms with Crippen LogP contribution >= 0.6 is 11.8 Å². The zero-order valence-electron chi connectivity index (χ0n) is 8.58. The maximum Gasteiger partial charge on any atom is 0.103 e. The van der Waals surface area contributed by atoms with Gasteiger partial charge in [-0.1, -0.05) is 6.08 Å². The van der Waals surface area contributed by atoms with Gasteiger partial charge in [0.25, 0.3) is 0 Å². The van der Waals surface area contributed by atoms with Crippen molar-refractivity contribution >= 4 is 17.3 Å². The Labute approximate surface area is 88.6 Å². The van der Waals surface area contributed by atoms with E-state index in [2.05, 4.69) is 34.5 Å². The Hall–Kier alpha value is -0.740. The molecule has 0 aromatic carbocycles. The highest BCUT2D eigenvalue weighted by Crippen LogP contribution is 2.26. The summed E-state index contributed by atoms with van der Waals surface area (Å²) < 4.78 is 0. The van der Waals surface area contributed by atoms with E-state index >= 15 is 0 Å². The quantitative estimate of drug-likeness (QED) is 0.754. The first-order chi connectivity index (χ1) is 6.81. The third-order valence-corrected chi connectivity index (χ3v) is 3.22. The number of aromatic nitrogens is 2. The third kappa shape index (κ3) is 1.86. The summed E-state index contributed by atoms with van der Waals surface area (Å²) in [5.74, 6) is 0. The molecule has 0 spiro atoms. The lowest BCUT2D eigenvalue weighted by Crippen LogP contribution is -2.25. The highest BCUT2D eigenvalue weighted by Gasteiger charge is 2.15. The van der Waals surface area contributed by atoms with Gasteiger partial charge < -0.3 is 4.90 Å². The highest BCUT2D eigenvalue weighted by atomic mass is 32.2. The lowest BCUT2D eigenvalue weighted by molar-refractivity contribution is 0.372. The van der Waals surface area contributed by atoms with E-state index < -0.39 is 0 Å². The summed E-state index contributed by atoms with van der Waals surface area (Å²) in [4.78, 5) is 3.57. The maximum absolute atomic E-state index is 4.30. The number of hydrogen-bond donors (Lipinski definition) is 1. The van der Waals surface area contributed by atoms with Gasteiger partial charge in [-0.2, -0.15) is 5.10 Å². The smallest absolute Gasteiger partial charge is 0.103 e. The number of nitrogens with zero attached hydrogens (tertiary/aromatic N) is 2. The van der Waals surface area contributed by atoms with Gasteiger partial charge in [0.15, 0.2) is 0 Å². The Morgan fingerprint density at radius 3 is 3.14 bits per heavy atom. The van der Waals surface area contributed by atoms with Gasteiger partial charge in [0.1, 0.15) is 5.69 Å².